The fourth-order valence-electron chi connectivity index (χ4n) is 2.42. The smallest absolute Gasteiger partial charge is 0.293 e. The molecule has 0 atom stereocenters. The Balaban J connectivity index is 1.80. The van der Waals surface area contributed by atoms with E-state index in [9.17, 15) is 14.0 Å². The van der Waals surface area contributed by atoms with Crippen LogP contribution < -0.4 is 0 Å². The highest BCUT2D eigenvalue weighted by Crippen LogP contribution is 2.33. The summed E-state index contributed by atoms with van der Waals surface area (Å²) in [7, 11) is 0. The first kappa shape index (κ1) is 16.5. The standard InChI is InChI=1S/C18H17FN2O2S/c1-12(2)20-8-7-13(10-20)9-16-17(22)21(18(23)24-16)11-14-5-3-4-6-15(14)19/h3-10,12H,11H2,1-2H3/b16-9+. The summed E-state index contributed by atoms with van der Waals surface area (Å²) in [5.41, 5.74) is 1.19. The van der Waals surface area contributed by atoms with Gasteiger partial charge >= 0.3 is 0 Å². The molecule has 1 aromatic heterocycles. The van der Waals surface area contributed by atoms with Gasteiger partial charge in [-0.2, -0.15) is 0 Å². The predicted octanol–water partition coefficient (Wildman–Crippen LogP) is 4.44. The van der Waals surface area contributed by atoms with Gasteiger partial charge in [-0.05, 0) is 49.4 Å². The van der Waals surface area contributed by atoms with Crippen LogP contribution in [0.25, 0.3) is 6.08 Å². The van der Waals surface area contributed by atoms with Crippen molar-refractivity contribution in [1.82, 2.24) is 9.47 Å². The number of halogens is 1. The summed E-state index contributed by atoms with van der Waals surface area (Å²) < 4.78 is 15.8. The third-order valence-corrected chi connectivity index (χ3v) is 4.70. The summed E-state index contributed by atoms with van der Waals surface area (Å²) in [6.07, 6.45) is 5.56. The molecule has 0 saturated carbocycles. The third-order valence-electron chi connectivity index (χ3n) is 3.79. The minimum absolute atomic E-state index is 0.0539. The van der Waals surface area contributed by atoms with Crippen molar-refractivity contribution in [3.63, 3.8) is 0 Å². The molecular weight excluding hydrogens is 327 g/mol. The Morgan fingerprint density at radius 3 is 2.62 bits per heavy atom. The van der Waals surface area contributed by atoms with E-state index in [0.29, 0.717) is 16.5 Å². The van der Waals surface area contributed by atoms with Gasteiger partial charge in [0.05, 0.1) is 11.4 Å². The zero-order valence-electron chi connectivity index (χ0n) is 13.4. The van der Waals surface area contributed by atoms with E-state index in [2.05, 4.69) is 13.8 Å². The fraction of sp³-hybridized carbons (Fsp3) is 0.222. The second-order valence-corrected chi connectivity index (χ2v) is 6.84. The summed E-state index contributed by atoms with van der Waals surface area (Å²) >= 11 is 0.886. The van der Waals surface area contributed by atoms with Crippen LogP contribution in [0.5, 0.6) is 0 Å². The third kappa shape index (κ3) is 3.28. The minimum atomic E-state index is -0.422. The molecule has 3 rings (SSSR count). The molecule has 1 aliphatic heterocycles. The number of amides is 2. The number of thioether (sulfide) groups is 1. The maximum absolute atomic E-state index is 13.7. The first-order chi connectivity index (χ1) is 11.5. The molecule has 0 N–H and O–H groups in total. The number of imide groups is 1. The second-order valence-electron chi connectivity index (χ2n) is 5.85. The van der Waals surface area contributed by atoms with Gasteiger partial charge in [-0.3, -0.25) is 14.5 Å². The molecule has 6 heteroatoms. The van der Waals surface area contributed by atoms with Crippen LogP contribution in [-0.4, -0.2) is 20.6 Å². The molecule has 2 heterocycles. The number of nitrogens with zero attached hydrogens (tertiary/aromatic N) is 2. The van der Waals surface area contributed by atoms with Crippen LogP contribution in [0.3, 0.4) is 0 Å². The minimum Gasteiger partial charge on any atom is -0.351 e. The van der Waals surface area contributed by atoms with Gasteiger partial charge < -0.3 is 4.57 Å². The zero-order valence-corrected chi connectivity index (χ0v) is 14.2. The average molecular weight is 344 g/mol. The molecule has 1 fully saturated rings. The molecule has 4 nitrogen and oxygen atoms in total. The molecule has 1 aliphatic rings. The van der Waals surface area contributed by atoms with Crippen LogP contribution in [0.15, 0.2) is 47.6 Å². The quantitative estimate of drug-likeness (QED) is 0.770. The van der Waals surface area contributed by atoms with Crippen molar-refractivity contribution in [2.24, 2.45) is 0 Å². The van der Waals surface area contributed by atoms with Crippen molar-refractivity contribution in [2.75, 3.05) is 0 Å². The lowest BCUT2D eigenvalue weighted by Gasteiger charge is -2.12. The molecular formula is C18H17FN2O2S. The lowest BCUT2D eigenvalue weighted by Crippen LogP contribution is -2.27. The van der Waals surface area contributed by atoms with Gasteiger partial charge in [-0.15, -0.1) is 0 Å². The largest absolute Gasteiger partial charge is 0.351 e. The number of carbonyl (C=O) groups is 2. The molecule has 0 unspecified atom stereocenters. The molecule has 124 valence electrons. The molecule has 2 amide bonds. The van der Waals surface area contributed by atoms with Crippen molar-refractivity contribution < 1.29 is 14.0 Å². The number of aromatic nitrogens is 1. The monoisotopic (exact) mass is 344 g/mol. The summed E-state index contributed by atoms with van der Waals surface area (Å²) in [5.74, 6) is -0.805. The fourth-order valence-corrected chi connectivity index (χ4v) is 3.26. The lowest BCUT2D eigenvalue weighted by atomic mass is 10.2. The highest BCUT2D eigenvalue weighted by Gasteiger charge is 2.35. The molecule has 1 saturated heterocycles. The topological polar surface area (TPSA) is 42.3 Å². The summed E-state index contributed by atoms with van der Waals surface area (Å²) in [5, 5.41) is -0.377. The van der Waals surface area contributed by atoms with Gasteiger partial charge in [0.1, 0.15) is 5.82 Å². The van der Waals surface area contributed by atoms with Crippen LogP contribution in [0.4, 0.5) is 9.18 Å². The number of hydrogen-bond acceptors (Lipinski definition) is 3. The maximum atomic E-state index is 13.7. The summed E-state index contributed by atoms with van der Waals surface area (Å²) in [6, 6.07) is 8.37. The lowest BCUT2D eigenvalue weighted by molar-refractivity contribution is -0.123. The van der Waals surface area contributed by atoms with E-state index in [1.54, 1.807) is 24.3 Å². The second kappa shape index (κ2) is 6.65. The van der Waals surface area contributed by atoms with E-state index in [0.717, 1.165) is 22.2 Å². The van der Waals surface area contributed by atoms with Crippen molar-refractivity contribution in [2.45, 2.75) is 26.4 Å². The number of benzene rings is 1. The van der Waals surface area contributed by atoms with Gasteiger partial charge in [0, 0.05) is 24.0 Å². The Hall–Kier alpha value is -2.34. The van der Waals surface area contributed by atoms with E-state index in [4.69, 9.17) is 0 Å². The molecule has 0 radical (unpaired) electrons. The zero-order chi connectivity index (χ0) is 17.3. The van der Waals surface area contributed by atoms with E-state index >= 15 is 0 Å². The highest BCUT2D eigenvalue weighted by molar-refractivity contribution is 8.18. The van der Waals surface area contributed by atoms with Gasteiger partial charge in [0.25, 0.3) is 11.1 Å². The van der Waals surface area contributed by atoms with E-state index in [1.165, 1.54) is 6.07 Å². The van der Waals surface area contributed by atoms with E-state index < -0.39 is 5.82 Å². The summed E-state index contributed by atoms with van der Waals surface area (Å²) in [4.78, 5) is 26.0. The first-order valence-electron chi connectivity index (χ1n) is 7.62. The molecule has 1 aromatic carbocycles. The van der Waals surface area contributed by atoms with E-state index in [1.807, 2.05) is 23.0 Å². The maximum Gasteiger partial charge on any atom is 0.293 e. The average Bonchev–Trinajstić information content (AvgIpc) is 3.10. The van der Waals surface area contributed by atoms with Crippen LogP contribution in [0.1, 0.15) is 31.0 Å². The Morgan fingerprint density at radius 2 is 1.96 bits per heavy atom. The van der Waals surface area contributed by atoms with Gasteiger partial charge in [0.2, 0.25) is 0 Å². The van der Waals surface area contributed by atoms with Crippen molar-refractivity contribution in [1.29, 1.82) is 0 Å². The number of rotatable bonds is 4. The SMILES string of the molecule is CC(C)n1ccc(/C=C2/SC(=O)N(Cc3ccccc3F)C2=O)c1. The molecule has 2 aromatic rings. The number of carbonyl (C=O) groups excluding carboxylic acids is 2. The Bertz CT molecular complexity index is 826. The predicted molar refractivity (Wildman–Crippen MR) is 92.7 cm³/mol. The summed E-state index contributed by atoms with van der Waals surface area (Å²) in [6.45, 7) is 4.07. The Labute approximate surface area is 144 Å². The van der Waals surface area contributed by atoms with Gasteiger partial charge in [0.15, 0.2) is 0 Å². The van der Waals surface area contributed by atoms with Crippen molar-refractivity contribution >= 4 is 29.0 Å². The molecule has 0 bridgehead atoms. The molecule has 0 spiro atoms. The van der Waals surface area contributed by atoms with Crippen LogP contribution in [0.2, 0.25) is 0 Å². The Morgan fingerprint density at radius 1 is 1.21 bits per heavy atom. The highest BCUT2D eigenvalue weighted by atomic mass is 32.2. The number of hydrogen-bond donors (Lipinski definition) is 0. The first-order valence-corrected chi connectivity index (χ1v) is 8.43. The Kier molecular flexibility index (Phi) is 4.57. The molecule has 0 aliphatic carbocycles. The van der Waals surface area contributed by atoms with Crippen LogP contribution >= 0.6 is 11.8 Å². The molecule has 24 heavy (non-hydrogen) atoms. The van der Waals surface area contributed by atoms with Crippen LogP contribution in [-0.2, 0) is 11.3 Å². The van der Waals surface area contributed by atoms with Gasteiger partial charge in [-0.25, -0.2) is 4.39 Å². The van der Waals surface area contributed by atoms with Crippen molar-refractivity contribution in [3.8, 4) is 0 Å². The van der Waals surface area contributed by atoms with Gasteiger partial charge in [-0.1, -0.05) is 18.2 Å². The van der Waals surface area contributed by atoms with E-state index in [-0.39, 0.29) is 17.7 Å². The van der Waals surface area contributed by atoms with Crippen molar-refractivity contribution in [3.05, 3.63) is 64.6 Å². The normalized spacial score (nSPS) is 16.7. The van der Waals surface area contributed by atoms with Crippen LogP contribution in [0, 0.1) is 5.82 Å².